The van der Waals surface area contributed by atoms with Gasteiger partial charge in [-0.3, -0.25) is 9.59 Å². The highest BCUT2D eigenvalue weighted by molar-refractivity contribution is 6.00. The number of nitrogens with zero attached hydrogens (tertiary/aromatic N) is 5. The van der Waals surface area contributed by atoms with Crippen LogP contribution in [-0.4, -0.2) is 68.5 Å². The lowest BCUT2D eigenvalue weighted by atomic mass is 9.94. The summed E-state index contributed by atoms with van der Waals surface area (Å²) in [4.78, 5) is 38.0. The van der Waals surface area contributed by atoms with Crippen molar-refractivity contribution < 1.29 is 23.1 Å². The number of halogens is 2. The molecule has 1 aromatic carbocycles. The lowest BCUT2D eigenvalue weighted by Gasteiger charge is -2.36. The van der Waals surface area contributed by atoms with Crippen LogP contribution in [-0.2, 0) is 18.4 Å². The summed E-state index contributed by atoms with van der Waals surface area (Å²) in [5, 5.41) is 4.15. The zero-order valence-corrected chi connectivity index (χ0v) is 26.5. The van der Waals surface area contributed by atoms with E-state index in [0.29, 0.717) is 28.6 Å². The maximum absolute atomic E-state index is 13.6. The first-order valence-electron chi connectivity index (χ1n) is 16.3. The summed E-state index contributed by atoms with van der Waals surface area (Å²) in [6, 6.07) is 8.74. The second kappa shape index (κ2) is 11.9. The number of amides is 2. The van der Waals surface area contributed by atoms with Crippen LogP contribution < -0.4 is 15.8 Å². The number of carbonyl (C=O) groups excluding carboxylic acids is 2. The molecule has 1 aliphatic carbocycles. The van der Waals surface area contributed by atoms with Gasteiger partial charge in [0.1, 0.15) is 16.9 Å². The van der Waals surface area contributed by atoms with Crippen LogP contribution in [0.4, 0.5) is 8.78 Å². The smallest absolute Gasteiger partial charge is 0.254 e. The number of benzene rings is 1. The van der Waals surface area contributed by atoms with Gasteiger partial charge in [0.05, 0.1) is 30.1 Å². The minimum atomic E-state index is -2.54. The molecule has 4 aromatic rings. The summed E-state index contributed by atoms with van der Waals surface area (Å²) >= 11 is 0. The molecular weight excluding hydrogens is 592 g/mol. The van der Waals surface area contributed by atoms with E-state index in [0.717, 1.165) is 66.6 Å². The molecule has 5 atom stereocenters. The van der Waals surface area contributed by atoms with Gasteiger partial charge in [0.15, 0.2) is 5.82 Å². The predicted molar refractivity (Wildman–Crippen MR) is 171 cm³/mol. The van der Waals surface area contributed by atoms with Gasteiger partial charge in [-0.2, -0.15) is 0 Å². The van der Waals surface area contributed by atoms with Gasteiger partial charge in [-0.25, -0.2) is 18.7 Å². The average molecular weight is 634 g/mol. The molecule has 2 amide bonds. The van der Waals surface area contributed by atoms with E-state index in [1.165, 1.54) is 4.90 Å². The summed E-state index contributed by atoms with van der Waals surface area (Å²) in [6.45, 7) is 2.91. The molecule has 5 heterocycles. The topological polar surface area (TPSA) is 120 Å². The van der Waals surface area contributed by atoms with E-state index in [4.69, 9.17) is 20.4 Å². The van der Waals surface area contributed by atoms with Crippen molar-refractivity contribution in [2.75, 3.05) is 20.2 Å². The number of aromatic nitrogens is 4. The van der Waals surface area contributed by atoms with Gasteiger partial charge in [0, 0.05) is 55.5 Å². The van der Waals surface area contributed by atoms with E-state index in [2.05, 4.69) is 16.0 Å². The molecule has 7 rings (SSSR count). The first-order chi connectivity index (χ1) is 22.1. The SMILES string of the molecule is COc1cc(C(=O)N2C[C@H](N)C[C@H](C(F)F)C2)cc2nc(-c3cc4ccc5nc4n3CCCCC[C@@H]3C[C@H]3C(=O)N[C@@H]5C)n(C)c12. The largest absolute Gasteiger partial charge is 0.494 e. The van der Waals surface area contributed by atoms with Crippen molar-refractivity contribution in [1.82, 2.24) is 29.3 Å². The van der Waals surface area contributed by atoms with Crippen LogP contribution in [0, 0.1) is 17.8 Å². The van der Waals surface area contributed by atoms with E-state index < -0.39 is 18.4 Å². The number of fused-ring (bicyclic) bond motifs is 3. The Hall–Kier alpha value is -4.06. The summed E-state index contributed by atoms with van der Waals surface area (Å²) in [5.41, 5.74) is 10.2. The van der Waals surface area contributed by atoms with E-state index in [9.17, 15) is 18.4 Å². The first kappa shape index (κ1) is 30.6. The van der Waals surface area contributed by atoms with Gasteiger partial charge in [0.2, 0.25) is 12.3 Å². The molecule has 244 valence electrons. The van der Waals surface area contributed by atoms with E-state index in [1.807, 2.05) is 30.7 Å². The Kier molecular flexibility index (Phi) is 7.94. The van der Waals surface area contributed by atoms with Crippen molar-refractivity contribution in [2.24, 2.45) is 30.5 Å². The van der Waals surface area contributed by atoms with Crippen molar-refractivity contribution in [3.05, 3.63) is 41.6 Å². The number of hydrogen-bond acceptors (Lipinski definition) is 6. The zero-order chi connectivity index (χ0) is 32.3. The number of nitrogens with one attached hydrogen (secondary N) is 1. The Morgan fingerprint density at radius 3 is 2.72 bits per heavy atom. The normalized spacial score (nSPS) is 25.5. The Bertz CT molecular complexity index is 1820. The van der Waals surface area contributed by atoms with Gasteiger partial charge >= 0.3 is 0 Å². The van der Waals surface area contributed by atoms with E-state index >= 15 is 0 Å². The first-order valence-corrected chi connectivity index (χ1v) is 16.3. The molecule has 0 radical (unpaired) electrons. The third-order valence-electron chi connectivity index (χ3n) is 10.1. The standard InChI is InChI=1S/C34H41F2N7O3/c1-18-25-9-8-20-14-27(43(31(20)39-25)10-6-4-5-7-19-12-24(19)33(44)38-18)32-40-26-13-21(15-28(46-3)29(26)41(32)2)34(45)42-16-22(30(35)36)11-23(37)17-42/h8-9,13-15,18-19,22-24,30H,4-7,10-12,16-17,37H2,1-3H3,(H,38,44)/t18-,19-,22+,23-,24-/m1/s1. The van der Waals surface area contributed by atoms with E-state index in [-0.39, 0.29) is 43.3 Å². The maximum Gasteiger partial charge on any atom is 0.254 e. The van der Waals surface area contributed by atoms with Crippen LogP contribution in [0.25, 0.3) is 33.6 Å². The van der Waals surface area contributed by atoms with Crippen LogP contribution in [0.15, 0.2) is 30.3 Å². The van der Waals surface area contributed by atoms with E-state index in [1.54, 1.807) is 19.2 Å². The summed E-state index contributed by atoms with van der Waals surface area (Å²) in [5.74, 6) is 0.563. The lowest BCUT2D eigenvalue weighted by molar-refractivity contribution is -0.123. The highest BCUT2D eigenvalue weighted by Crippen LogP contribution is 2.43. The van der Waals surface area contributed by atoms with Crippen LogP contribution in [0.5, 0.6) is 5.75 Å². The van der Waals surface area contributed by atoms with Gasteiger partial charge < -0.3 is 29.8 Å². The van der Waals surface area contributed by atoms with Crippen molar-refractivity contribution in [3.63, 3.8) is 0 Å². The second-order valence-electron chi connectivity index (χ2n) is 13.4. The zero-order valence-electron chi connectivity index (χ0n) is 26.5. The minimum Gasteiger partial charge on any atom is -0.494 e. The molecule has 46 heavy (non-hydrogen) atoms. The number of pyridine rings is 1. The molecule has 3 aliphatic rings. The average Bonchev–Trinajstić information content (AvgIpc) is 3.63. The molecule has 0 spiro atoms. The lowest BCUT2D eigenvalue weighted by Crippen LogP contribution is -2.51. The quantitative estimate of drug-likeness (QED) is 0.325. The van der Waals surface area contributed by atoms with Crippen molar-refractivity contribution >= 4 is 33.9 Å². The third kappa shape index (κ3) is 5.50. The number of methoxy groups -OCH3 is 1. The number of aryl methyl sites for hydroxylation is 2. The number of carbonyl (C=O) groups is 2. The van der Waals surface area contributed by atoms with Crippen LogP contribution in [0.1, 0.15) is 67.5 Å². The fourth-order valence-corrected chi connectivity index (χ4v) is 7.46. The van der Waals surface area contributed by atoms with Crippen molar-refractivity contribution in [3.8, 4) is 17.3 Å². The van der Waals surface area contributed by atoms with Crippen molar-refractivity contribution in [1.29, 1.82) is 0 Å². The van der Waals surface area contributed by atoms with Gasteiger partial charge in [-0.1, -0.05) is 12.8 Å². The third-order valence-corrected chi connectivity index (χ3v) is 10.1. The number of nitrogens with two attached hydrogens (primary N) is 1. The van der Waals surface area contributed by atoms with Crippen LogP contribution in [0.3, 0.4) is 0 Å². The molecule has 2 bridgehead atoms. The summed E-state index contributed by atoms with van der Waals surface area (Å²) < 4.78 is 37.1. The van der Waals surface area contributed by atoms with Crippen molar-refractivity contribution in [2.45, 2.75) is 70.5 Å². The molecule has 12 heteroatoms. The number of rotatable bonds is 4. The molecule has 10 nitrogen and oxygen atoms in total. The molecular formula is C34H41F2N7O3. The fourth-order valence-electron chi connectivity index (χ4n) is 7.46. The number of piperidine rings is 1. The Morgan fingerprint density at radius 1 is 1.11 bits per heavy atom. The molecule has 2 fully saturated rings. The van der Waals surface area contributed by atoms with Gasteiger partial charge in [-0.15, -0.1) is 0 Å². The van der Waals surface area contributed by atoms with Crippen LogP contribution in [0.2, 0.25) is 0 Å². The predicted octanol–water partition coefficient (Wildman–Crippen LogP) is 5.04. The number of ether oxygens (including phenoxy) is 1. The van der Waals surface area contributed by atoms with Gasteiger partial charge in [-0.05, 0) is 68.9 Å². The number of imidazole rings is 1. The minimum absolute atomic E-state index is 0.0450. The van der Waals surface area contributed by atoms with Gasteiger partial charge in [0.25, 0.3) is 5.91 Å². The Morgan fingerprint density at radius 2 is 1.93 bits per heavy atom. The number of likely N-dealkylation sites (tertiary alicyclic amines) is 1. The highest BCUT2D eigenvalue weighted by Gasteiger charge is 2.42. The molecule has 1 saturated carbocycles. The van der Waals surface area contributed by atoms with Crippen LogP contribution >= 0.6 is 0 Å². The fraction of sp³-hybridized carbons (Fsp3) is 0.529. The number of alkyl halides is 2. The molecule has 1 saturated heterocycles. The maximum atomic E-state index is 13.6. The summed E-state index contributed by atoms with van der Waals surface area (Å²) in [7, 11) is 3.46. The Labute approximate surface area is 266 Å². The highest BCUT2D eigenvalue weighted by atomic mass is 19.3. The molecule has 2 aliphatic heterocycles. The Balaban J connectivity index is 1.28. The molecule has 0 unspecified atom stereocenters. The molecule has 3 aromatic heterocycles. The number of hydrogen-bond donors (Lipinski definition) is 2. The monoisotopic (exact) mass is 633 g/mol. The molecule has 3 N–H and O–H groups in total. The summed E-state index contributed by atoms with van der Waals surface area (Å²) in [6.07, 6.45) is 2.78. The second-order valence-corrected chi connectivity index (χ2v) is 13.4.